The first-order valence-corrected chi connectivity index (χ1v) is 6.91. The Bertz CT molecular complexity index is 208. The van der Waals surface area contributed by atoms with Crippen LogP contribution in [0, 0.1) is 5.92 Å². The molecule has 2 aliphatic rings. The van der Waals surface area contributed by atoms with Gasteiger partial charge in [0, 0.05) is 32.8 Å². The Morgan fingerprint density at radius 2 is 2.35 bits per heavy atom. The number of likely N-dealkylation sites (tertiary alicyclic amines) is 1. The van der Waals surface area contributed by atoms with Gasteiger partial charge >= 0.3 is 0 Å². The molecule has 4 heteroatoms. The van der Waals surface area contributed by atoms with Gasteiger partial charge in [-0.1, -0.05) is 0 Å². The Balaban J connectivity index is 1.65. The molecule has 0 radical (unpaired) electrons. The molecule has 2 heterocycles. The molecule has 0 amide bonds. The number of hydrogen-bond donors (Lipinski definition) is 1. The molecular formula is C13H26N2O2. The van der Waals surface area contributed by atoms with Crippen LogP contribution in [0.4, 0.5) is 0 Å². The zero-order valence-electron chi connectivity index (χ0n) is 11.0. The number of nitrogens with one attached hydrogen (secondary N) is 1. The number of methoxy groups -OCH3 is 1. The van der Waals surface area contributed by atoms with Crippen molar-refractivity contribution in [1.82, 2.24) is 10.2 Å². The van der Waals surface area contributed by atoms with Gasteiger partial charge in [-0.3, -0.25) is 4.90 Å². The van der Waals surface area contributed by atoms with Crippen LogP contribution in [0.1, 0.15) is 19.3 Å². The molecular weight excluding hydrogens is 216 g/mol. The highest BCUT2D eigenvalue weighted by atomic mass is 16.5. The van der Waals surface area contributed by atoms with Gasteiger partial charge in [0.15, 0.2) is 0 Å². The van der Waals surface area contributed by atoms with Gasteiger partial charge in [-0.25, -0.2) is 0 Å². The lowest BCUT2D eigenvalue weighted by Gasteiger charge is -2.36. The lowest BCUT2D eigenvalue weighted by atomic mass is 9.96. The van der Waals surface area contributed by atoms with Crippen molar-refractivity contribution in [3.63, 3.8) is 0 Å². The van der Waals surface area contributed by atoms with Gasteiger partial charge < -0.3 is 14.8 Å². The molecule has 0 saturated carbocycles. The third kappa shape index (κ3) is 4.21. The van der Waals surface area contributed by atoms with Crippen LogP contribution in [0.5, 0.6) is 0 Å². The molecule has 17 heavy (non-hydrogen) atoms. The Morgan fingerprint density at radius 1 is 1.41 bits per heavy atom. The summed E-state index contributed by atoms with van der Waals surface area (Å²) >= 11 is 0. The summed E-state index contributed by atoms with van der Waals surface area (Å²) < 4.78 is 10.5. The first-order chi connectivity index (χ1) is 8.40. The summed E-state index contributed by atoms with van der Waals surface area (Å²) in [5, 5.41) is 3.48. The molecule has 0 spiro atoms. The maximum absolute atomic E-state index is 5.48. The van der Waals surface area contributed by atoms with Crippen LogP contribution in [0.25, 0.3) is 0 Å². The summed E-state index contributed by atoms with van der Waals surface area (Å²) in [6.45, 7) is 7.33. The molecule has 0 bridgehead atoms. The maximum atomic E-state index is 5.48. The molecule has 4 nitrogen and oxygen atoms in total. The highest BCUT2D eigenvalue weighted by molar-refractivity contribution is 4.82. The minimum Gasteiger partial charge on any atom is -0.383 e. The van der Waals surface area contributed by atoms with Crippen LogP contribution < -0.4 is 5.32 Å². The van der Waals surface area contributed by atoms with Crippen molar-refractivity contribution in [2.24, 2.45) is 5.92 Å². The first-order valence-electron chi connectivity index (χ1n) is 6.91. The molecule has 0 aromatic carbocycles. The Hall–Kier alpha value is -0.160. The van der Waals surface area contributed by atoms with Crippen molar-refractivity contribution < 1.29 is 9.47 Å². The van der Waals surface area contributed by atoms with Crippen molar-refractivity contribution >= 4 is 0 Å². The van der Waals surface area contributed by atoms with Crippen LogP contribution in [0.2, 0.25) is 0 Å². The van der Waals surface area contributed by atoms with Crippen molar-refractivity contribution in [1.29, 1.82) is 0 Å². The van der Waals surface area contributed by atoms with Gasteiger partial charge in [-0.2, -0.15) is 0 Å². The maximum Gasteiger partial charge on any atom is 0.0622 e. The summed E-state index contributed by atoms with van der Waals surface area (Å²) in [6.07, 6.45) is 3.93. The summed E-state index contributed by atoms with van der Waals surface area (Å²) in [5.41, 5.74) is 0. The van der Waals surface area contributed by atoms with E-state index in [1.165, 1.54) is 32.4 Å². The Labute approximate surface area is 105 Å². The van der Waals surface area contributed by atoms with Crippen molar-refractivity contribution in [3.05, 3.63) is 0 Å². The van der Waals surface area contributed by atoms with E-state index in [0.29, 0.717) is 6.04 Å². The van der Waals surface area contributed by atoms with E-state index in [1.54, 1.807) is 7.11 Å². The van der Waals surface area contributed by atoms with Crippen LogP contribution in [-0.4, -0.2) is 64.1 Å². The molecule has 0 aromatic rings. The van der Waals surface area contributed by atoms with Gasteiger partial charge in [-0.15, -0.1) is 0 Å². The van der Waals surface area contributed by atoms with Gasteiger partial charge in [-0.05, 0) is 38.3 Å². The zero-order valence-corrected chi connectivity index (χ0v) is 11.0. The quantitative estimate of drug-likeness (QED) is 0.696. The van der Waals surface area contributed by atoms with E-state index >= 15 is 0 Å². The van der Waals surface area contributed by atoms with E-state index in [-0.39, 0.29) is 0 Å². The first kappa shape index (κ1) is 13.3. The molecule has 2 atom stereocenters. The van der Waals surface area contributed by atoms with E-state index in [9.17, 15) is 0 Å². The average Bonchev–Trinajstić information content (AvgIpc) is 2.89. The molecule has 2 saturated heterocycles. The van der Waals surface area contributed by atoms with Crippen molar-refractivity contribution in [2.45, 2.75) is 25.3 Å². The fraction of sp³-hybridized carbons (Fsp3) is 1.00. The molecule has 2 aliphatic heterocycles. The summed E-state index contributed by atoms with van der Waals surface area (Å²) in [6, 6.07) is 0.691. The topological polar surface area (TPSA) is 33.7 Å². The van der Waals surface area contributed by atoms with E-state index in [1.807, 2.05) is 0 Å². The number of rotatable bonds is 6. The zero-order chi connectivity index (χ0) is 11.9. The van der Waals surface area contributed by atoms with Crippen LogP contribution in [-0.2, 0) is 9.47 Å². The van der Waals surface area contributed by atoms with E-state index in [0.717, 1.165) is 38.8 Å². The fourth-order valence-corrected chi connectivity index (χ4v) is 2.89. The molecule has 2 fully saturated rings. The number of hydrogen-bond acceptors (Lipinski definition) is 4. The standard InChI is InChI=1S/C13H26N2O2/c1-16-8-5-14-9-12-3-2-6-15(10-12)13-4-7-17-11-13/h12-14H,2-11H2,1H3. The van der Waals surface area contributed by atoms with Gasteiger partial charge in [0.05, 0.1) is 13.2 Å². The van der Waals surface area contributed by atoms with Crippen LogP contribution in [0.3, 0.4) is 0 Å². The Morgan fingerprint density at radius 3 is 3.12 bits per heavy atom. The minimum atomic E-state index is 0.691. The van der Waals surface area contributed by atoms with Gasteiger partial charge in [0.25, 0.3) is 0 Å². The average molecular weight is 242 g/mol. The number of nitrogens with zero attached hydrogens (tertiary/aromatic N) is 1. The van der Waals surface area contributed by atoms with Gasteiger partial charge in [0.1, 0.15) is 0 Å². The van der Waals surface area contributed by atoms with Crippen LogP contribution in [0.15, 0.2) is 0 Å². The van der Waals surface area contributed by atoms with Crippen molar-refractivity contribution in [2.75, 3.05) is 53.1 Å². The molecule has 100 valence electrons. The lowest BCUT2D eigenvalue weighted by molar-refractivity contribution is 0.102. The van der Waals surface area contributed by atoms with Crippen molar-refractivity contribution in [3.8, 4) is 0 Å². The van der Waals surface area contributed by atoms with E-state index < -0.39 is 0 Å². The molecule has 0 aromatic heterocycles. The van der Waals surface area contributed by atoms with Crippen LogP contribution >= 0.6 is 0 Å². The van der Waals surface area contributed by atoms with E-state index in [2.05, 4.69) is 10.2 Å². The highest BCUT2D eigenvalue weighted by Crippen LogP contribution is 2.21. The minimum absolute atomic E-state index is 0.691. The Kier molecular flexibility index (Phi) is 5.71. The number of piperidine rings is 1. The second kappa shape index (κ2) is 7.31. The lowest BCUT2D eigenvalue weighted by Crippen LogP contribution is -2.45. The second-order valence-electron chi connectivity index (χ2n) is 5.22. The highest BCUT2D eigenvalue weighted by Gasteiger charge is 2.27. The smallest absolute Gasteiger partial charge is 0.0622 e. The predicted octanol–water partition coefficient (Wildman–Crippen LogP) is 0.723. The van der Waals surface area contributed by atoms with E-state index in [4.69, 9.17) is 9.47 Å². The third-order valence-electron chi connectivity index (χ3n) is 3.89. The fourth-order valence-electron chi connectivity index (χ4n) is 2.89. The van der Waals surface area contributed by atoms with Gasteiger partial charge in [0.2, 0.25) is 0 Å². The predicted molar refractivity (Wildman–Crippen MR) is 68.3 cm³/mol. The summed E-state index contributed by atoms with van der Waals surface area (Å²) in [5.74, 6) is 0.807. The number of ether oxygens (including phenoxy) is 2. The summed E-state index contributed by atoms with van der Waals surface area (Å²) in [4.78, 5) is 2.64. The largest absolute Gasteiger partial charge is 0.383 e. The summed E-state index contributed by atoms with van der Waals surface area (Å²) in [7, 11) is 1.75. The SMILES string of the molecule is COCCNCC1CCCN(C2CCOC2)C1. The molecule has 2 rings (SSSR count). The second-order valence-corrected chi connectivity index (χ2v) is 5.22. The molecule has 1 N–H and O–H groups in total. The third-order valence-corrected chi connectivity index (χ3v) is 3.89. The normalized spacial score (nSPS) is 30.9. The molecule has 0 aliphatic carbocycles. The monoisotopic (exact) mass is 242 g/mol. The molecule has 2 unspecified atom stereocenters.